The zero-order valence-electron chi connectivity index (χ0n) is 29.0. The summed E-state index contributed by atoms with van der Waals surface area (Å²) in [6.45, 7) is 18.8. The van der Waals surface area contributed by atoms with Gasteiger partial charge in [0.2, 0.25) is 0 Å². The molecule has 0 radical (unpaired) electrons. The average Bonchev–Trinajstić information content (AvgIpc) is 2.91. The molecule has 0 saturated carbocycles. The van der Waals surface area contributed by atoms with E-state index in [4.69, 9.17) is 0 Å². The van der Waals surface area contributed by atoms with Crippen LogP contribution in [0.3, 0.4) is 0 Å². The fraction of sp³-hybridized carbons (Fsp3) is 0.450. The van der Waals surface area contributed by atoms with Crippen molar-refractivity contribution < 1.29 is 20.4 Å². The number of hydrogen-bond donors (Lipinski definition) is 4. The van der Waals surface area contributed by atoms with Gasteiger partial charge in [-0.25, -0.2) is 0 Å². The molecule has 0 aliphatic rings. The topological polar surface area (TPSA) is 80.9 Å². The highest BCUT2D eigenvalue weighted by atomic mass is 16.3. The highest BCUT2D eigenvalue weighted by Crippen LogP contribution is 2.17. The van der Waals surface area contributed by atoms with Crippen molar-refractivity contribution in [1.29, 1.82) is 0 Å². The predicted molar refractivity (Wildman–Crippen MR) is 191 cm³/mol. The fourth-order valence-corrected chi connectivity index (χ4v) is 3.67. The minimum atomic E-state index is -1.07. The maximum Gasteiger partial charge on any atom is 0.0849 e. The van der Waals surface area contributed by atoms with Crippen molar-refractivity contribution in [3.8, 4) is 0 Å². The predicted octanol–water partition coefficient (Wildman–Crippen LogP) is 9.27. The summed E-state index contributed by atoms with van der Waals surface area (Å²) in [5.41, 5.74) is 4.77. The number of aliphatic hydroxyl groups excluding tert-OH is 2. The van der Waals surface area contributed by atoms with Crippen LogP contribution in [0.25, 0.3) is 0 Å². The molecule has 0 heterocycles. The van der Waals surface area contributed by atoms with Crippen LogP contribution >= 0.6 is 0 Å². The zero-order chi connectivity index (χ0) is 33.8. The quantitative estimate of drug-likeness (QED) is 0.118. The Morgan fingerprint density at radius 3 is 0.977 bits per heavy atom. The molecule has 0 rings (SSSR count). The maximum atomic E-state index is 9.96. The molecule has 0 aromatic heterocycles. The van der Waals surface area contributed by atoms with Gasteiger partial charge in [-0.15, -0.1) is 0 Å². The second kappa shape index (κ2) is 21.6. The van der Waals surface area contributed by atoms with Gasteiger partial charge in [0.25, 0.3) is 0 Å². The van der Waals surface area contributed by atoms with E-state index in [0.29, 0.717) is 12.8 Å². The average molecular weight is 605 g/mol. The molecule has 244 valence electrons. The molecule has 0 spiro atoms. The largest absolute Gasteiger partial charge is 0.390 e. The van der Waals surface area contributed by atoms with Crippen molar-refractivity contribution in [1.82, 2.24) is 0 Å². The van der Waals surface area contributed by atoms with E-state index in [1.54, 1.807) is 27.7 Å². The van der Waals surface area contributed by atoms with Crippen molar-refractivity contribution in [3.05, 3.63) is 131 Å². The molecule has 44 heavy (non-hydrogen) atoms. The molecule has 0 bridgehead atoms. The van der Waals surface area contributed by atoms with E-state index in [9.17, 15) is 20.4 Å². The van der Waals surface area contributed by atoms with Crippen LogP contribution in [0.2, 0.25) is 0 Å². The molecular weight excluding hydrogens is 544 g/mol. The number of hydrogen-bond acceptors (Lipinski definition) is 4. The van der Waals surface area contributed by atoms with Gasteiger partial charge in [-0.1, -0.05) is 131 Å². The van der Waals surface area contributed by atoms with E-state index in [2.05, 4.69) is 76.3 Å². The molecule has 4 nitrogen and oxygen atoms in total. The summed E-state index contributed by atoms with van der Waals surface area (Å²) in [5, 5.41) is 39.6. The molecule has 0 aromatic rings. The van der Waals surface area contributed by atoms with Crippen LogP contribution in [0.5, 0.6) is 0 Å². The first kappa shape index (κ1) is 41.0. The Balaban J connectivity index is 4.75. The Hall–Kier alpha value is -3.02. The SMILES string of the molecule is CC(/C=C\C=C(/C)CC[C@@H](O)C(C)(C)O)=C\C=C\C(C)=C\C=C\C=C(C)\C=C\C=C(C)\C=C\C=C(/C)CC[C@@H](O)C(C)(C)O. The lowest BCUT2D eigenvalue weighted by Gasteiger charge is -2.24. The van der Waals surface area contributed by atoms with Gasteiger partial charge in [0.05, 0.1) is 23.4 Å². The molecule has 0 fully saturated rings. The lowest BCUT2D eigenvalue weighted by atomic mass is 9.96. The standard InChI is InChI=1S/C40H60O4/c1-31(19-13-21-33(3)23-15-25-35(5)27-29-37(41)39(7,8)43)17-11-12-18-32(2)20-14-22-34(4)24-16-26-36(6)28-30-38(42)40(9,10)44/h11-26,37-38,41-44H,27-30H2,1-10H3/b12-11+,19-13+,20-14+,23-15-,24-16+,31-17+,32-18+,33-21+,34-22+,35-25+,36-26+/t37-,38-/m1/s1. The lowest BCUT2D eigenvalue weighted by molar-refractivity contribution is -0.0510. The van der Waals surface area contributed by atoms with Gasteiger partial charge in [0, 0.05) is 0 Å². The zero-order valence-corrected chi connectivity index (χ0v) is 29.0. The van der Waals surface area contributed by atoms with Gasteiger partial charge in [-0.3, -0.25) is 0 Å². The molecule has 0 aliphatic carbocycles. The van der Waals surface area contributed by atoms with E-state index in [0.717, 1.165) is 46.3 Å². The van der Waals surface area contributed by atoms with Gasteiger partial charge in [-0.05, 0) is 94.9 Å². The summed E-state index contributed by atoms with van der Waals surface area (Å²) in [4.78, 5) is 0. The molecule has 4 N–H and O–H groups in total. The van der Waals surface area contributed by atoms with Crippen LogP contribution in [-0.2, 0) is 0 Å². The van der Waals surface area contributed by atoms with Gasteiger partial charge in [0.15, 0.2) is 0 Å². The second-order valence-electron chi connectivity index (χ2n) is 12.9. The Bertz CT molecular complexity index is 1100. The Labute approximate surface area is 269 Å². The Morgan fingerprint density at radius 1 is 0.455 bits per heavy atom. The van der Waals surface area contributed by atoms with E-state index < -0.39 is 23.4 Å². The second-order valence-corrected chi connectivity index (χ2v) is 12.9. The first-order chi connectivity index (χ1) is 20.4. The normalized spacial score (nSPS) is 17.4. The van der Waals surface area contributed by atoms with E-state index >= 15 is 0 Å². The molecule has 0 aromatic carbocycles. The number of allylic oxidation sites excluding steroid dienone is 22. The summed E-state index contributed by atoms with van der Waals surface area (Å²) >= 11 is 0. The summed E-state index contributed by atoms with van der Waals surface area (Å²) in [5.74, 6) is 0. The van der Waals surface area contributed by atoms with Crippen LogP contribution in [0, 0.1) is 0 Å². The minimum Gasteiger partial charge on any atom is -0.390 e. The Morgan fingerprint density at radius 2 is 0.705 bits per heavy atom. The molecule has 0 unspecified atom stereocenters. The monoisotopic (exact) mass is 604 g/mol. The van der Waals surface area contributed by atoms with Crippen molar-refractivity contribution in [2.45, 2.75) is 118 Å². The third-order valence-corrected chi connectivity index (χ3v) is 7.00. The fourth-order valence-electron chi connectivity index (χ4n) is 3.67. The van der Waals surface area contributed by atoms with Crippen LogP contribution < -0.4 is 0 Å². The van der Waals surface area contributed by atoms with Crippen LogP contribution in [0.4, 0.5) is 0 Å². The summed E-state index contributed by atoms with van der Waals surface area (Å²) < 4.78 is 0. The molecule has 0 saturated heterocycles. The van der Waals surface area contributed by atoms with Crippen molar-refractivity contribution in [2.24, 2.45) is 0 Å². The van der Waals surface area contributed by atoms with Gasteiger partial charge in [-0.2, -0.15) is 0 Å². The van der Waals surface area contributed by atoms with Crippen molar-refractivity contribution >= 4 is 0 Å². The minimum absolute atomic E-state index is 0.540. The highest BCUT2D eigenvalue weighted by molar-refractivity contribution is 5.32. The third-order valence-electron chi connectivity index (χ3n) is 7.00. The molecular formula is C40H60O4. The molecule has 0 aliphatic heterocycles. The van der Waals surface area contributed by atoms with Crippen molar-refractivity contribution in [3.63, 3.8) is 0 Å². The van der Waals surface area contributed by atoms with Crippen LogP contribution in [0.1, 0.15) is 94.9 Å². The van der Waals surface area contributed by atoms with Crippen molar-refractivity contribution in [2.75, 3.05) is 0 Å². The number of aliphatic hydroxyl groups is 4. The number of rotatable bonds is 18. The summed E-state index contributed by atoms with van der Waals surface area (Å²) in [6, 6.07) is 0. The third kappa shape index (κ3) is 22.5. The highest BCUT2D eigenvalue weighted by Gasteiger charge is 2.24. The summed E-state index contributed by atoms with van der Waals surface area (Å²) in [6.07, 6.45) is 34.0. The van der Waals surface area contributed by atoms with E-state index in [1.807, 2.05) is 62.5 Å². The first-order valence-electron chi connectivity index (χ1n) is 15.6. The van der Waals surface area contributed by atoms with Gasteiger partial charge >= 0.3 is 0 Å². The Kier molecular flexibility index (Phi) is 20.2. The maximum absolute atomic E-state index is 9.96. The van der Waals surface area contributed by atoms with Gasteiger partial charge in [0.1, 0.15) is 0 Å². The first-order valence-corrected chi connectivity index (χ1v) is 15.6. The smallest absolute Gasteiger partial charge is 0.0849 e. The molecule has 2 atom stereocenters. The molecule has 4 heteroatoms. The van der Waals surface area contributed by atoms with Gasteiger partial charge < -0.3 is 20.4 Å². The lowest BCUT2D eigenvalue weighted by Crippen LogP contribution is -2.35. The van der Waals surface area contributed by atoms with E-state index in [1.165, 1.54) is 0 Å². The van der Waals surface area contributed by atoms with Crippen LogP contribution in [0.15, 0.2) is 131 Å². The van der Waals surface area contributed by atoms with E-state index in [-0.39, 0.29) is 0 Å². The van der Waals surface area contributed by atoms with Crippen LogP contribution in [-0.4, -0.2) is 43.8 Å². The summed E-state index contributed by atoms with van der Waals surface area (Å²) in [7, 11) is 0. The molecule has 0 amide bonds.